The zero-order chi connectivity index (χ0) is 33.8. The van der Waals surface area contributed by atoms with Gasteiger partial charge in [0.2, 0.25) is 0 Å². The second kappa shape index (κ2) is 19.1. The van der Waals surface area contributed by atoms with Gasteiger partial charge in [-0.1, -0.05) is 0 Å². The van der Waals surface area contributed by atoms with E-state index in [2.05, 4.69) is 98.2 Å². The maximum Gasteiger partial charge on any atom is 0.173 e. The van der Waals surface area contributed by atoms with E-state index in [4.69, 9.17) is 26.6 Å². The minimum Gasteiger partial charge on any atom is -0.456 e. The van der Waals surface area contributed by atoms with E-state index in [-0.39, 0.29) is 13.2 Å². The first kappa shape index (κ1) is 44.0. The molecular formula is C29H72O8Si6. The van der Waals surface area contributed by atoms with Crippen LogP contribution in [0.15, 0.2) is 0 Å². The minimum absolute atomic E-state index is 0.195. The van der Waals surface area contributed by atoms with Crippen LogP contribution in [0, 0.1) is 0 Å². The molecule has 0 amide bonds. The Morgan fingerprint density at radius 3 is 0.907 bits per heavy atom. The van der Waals surface area contributed by atoms with E-state index in [1.807, 2.05) is 0 Å². The van der Waals surface area contributed by atoms with Crippen molar-refractivity contribution in [2.24, 2.45) is 0 Å². The predicted octanol–water partition coefficient (Wildman–Crippen LogP) is 7.47. The van der Waals surface area contributed by atoms with Crippen molar-refractivity contribution >= 4 is 49.9 Å². The lowest BCUT2D eigenvalue weighted by molar-refractivity contribution is -0.159. The quantitative estimate of drug-likeness (QED) is 0.0743. The monoisotopic (exact) mass is 716 g/mol. The summed E-state index contributed by atoms with van der Waals surface area (Å²) in [6.07, 6.45) is 0.862. The second-order valence-corrected chi connectivity index (χ2v) is 43.9. The van der Waals surface area contributed by atoms with Crippen molar-refractivity contribution < 1.29 is 36.8 Å². The summed E-state index contributed by atoms with van der Waals surface area (Å²) < 4.78 is 38.3. The van der Waals surface area contributed by atoms with E-state index in [1.54, 1.807) is 0 Å². The van der Waals surface area contributed by atoms with Crippen molar-refractivity contribution in [1.29, 1.82) is 0 Å². The molecule has 2 N–H and O–H groups in total. The van der Waals surface area contributed by atoms with Gasteiger partial charge in [0.25, 0.3) is 0 Å². The van der Waals surface area contributed by atoms with Gasteiger partial charge < -0.3 is 36.8 Å². The van der Waals surface area contributed by atoms with Crippen LogP contribution in [0.1, 0.15) is 19.3 Å². The second-order valence-electron chi connectivity index (χ2n) is 16.8. The Morgan fingerprint density at radius 2 is 0.674 bits per heavy atom. The van der Waals surface area contributed by atoms with Crippen molar-refractivity contribution in [3.05, 3.63) is 0 Å². The molecule has 0 heterocycles. The molecule has 0 aromatic heterocycles. The Kier molecular flexibility index (Phi) is 19.5. The van der Waals surface area contributed by atoms with E-state index >= 15 is 0 Å². The van der Waals surface area contributed by atoms with Gasteiger partial charge in [0.15, 0.2) is 49.9 Å². The first-order chi connectivity index (χ1) is 19.3. The molecule has 260 valence electrons. The molecule has 2 unspecified atom stereocenters. The summed E-state index contributed by atoms with van der Waals surface area (Å²) in [5.74, 6) is 0. The zero-order valence-electron chi connectivity index (χ0n) is 30.9. The van der Waals surface area contributed by atoms with Gasteiger partial charge in [-0.05, 0) is 136 Å². The lowest BCUT2D eigenvalue weighted by Gasteiger charge is -2.34. The number of hydrogen-bond acceptors (Lipinski definition) is 8. The van der Waals surface area contributed by atoms with Crippen molar-refractivity contribution in [1.82, 2.24) is 0 Å². The highest BCUT2D eigenvalue weighted by molar-refractivity contribution is 6.85. The van der Waals surface area contributed by atoms with Gasteiger partial charge >= 0.3 is 0 Å². The Morgan fingerprint density at radius 1 is 0.419 bits per heavy atom. The van der Waals surface area contributed by atoms with Crippen molar-refractivity contribution in [2.45, 2.75) is 154 Å². The van der Waals surface area contributed by atoms with Gasteiger partial charge in [-0.15, -0.1) is 0 Å². The third-order valence-corrected chi connectivity index (χ3v) is 25.2. The van der Waals surface area contributed by atoms with Crippen LogP contribution < -0.4 is 0 Å². The highest BCUT2D eigenvalue weighted by Gasteiger charge is 2.35. The summed E-state index contributed by atoms with van der Waals surface area (Å²) in [5.41, 5.74) is 0. The number of hydrogen-bond donors (Lipinski definition) is 2. The Balaban J connectivity index is 5.36. The fourth-order valence-electron chi connectivity index (χ4n) is 5.78. The van der Waals surface area contributed by atoms with E-state index in [0.717, 1.165) is 37.4 Å². The molecule has 0 fully saturated rings. The molecule has 2 atom stereocenters. The normalized spacial score (nSPS) is 16.4. The van der Waals surface area contributed by atoms with Gasteiger partial charge in [0, 0.05) is 19.8 Å². The molecule has 0 aromatic carbocycles. The zero-order valence-corrected chi connectivity index (χ0v) is 36.9. The number of aliphatic hydroxyl groups excluding tert-OH is 2. The number of rotatable bonds is 25. The number of aliphatic hydroxyl groups is 2. The van der Waals surface area contributed by atoms with Crippen LogP contribution in [0.3, 0.4) is 0 Å². The molecule has 0 aliphatic heterocycles. The van der Waals surface area contributed by atoms with E-state index in [9.17, 15) is 10.2 Å². The maximum atomic E-state index is 10.4. The van der Waals surface area contributed by atoms with Crippen LogP contribution in [0.4, 0.5) is 0 Å². The summed E-state index contributed by atoms with van der Waals surface area (Å²) in [6.45, 7) is 34.9. The molecule has 0 saturated heterocycles. The molecular weight excluding hydrogens is 645 g/mol. The third-order valence-electron chi connectivity index (χ3n) is 6.58. The summed E-state index contributed by atoms with van der Waals surface area (Å²) in [4.78, 5) is 0. The van der Waals surface area contributed by atoms with Crippen LogP contribution in [0.25, 0.3) is 0 Å². The van der Waals surface area contributed by atoms with E-state index < -0.39 is 68.2 Å². The molecule has 0 aromatic rings. The smallest absolute Gasteiger partial charge is 0.173 e. The lowest BCUT2D eigenvalue weighted by Crippen LogP contribution is -2.47. The molecule has 0 bridgehead atoms. The SMILES string of the molecule is C[Si](C)(C)O[Si](C)(C)CCCOC(CO)C(OCCC[Si](C)(C)O[Si](C)(C)C)C(CO)OCCC[Si](C)(C)O[Si](C)(C)C. The molecule has 8 nitrogen and oxygen atoms in total. The van der Waals surface area contributed by atoms with E-state index in [0.29, 0.717) is 19.8 Å². The first-order valence-corrected chi connectivity index (χ1v) is 36.0. The fourth-order valence-corrected chi connectivity index (χ4v) is 29.9. The van der Waals surface area contributed by atoms with E-state index in [1.165, 1.54) is 0 Å². The molecule has 0 aliphatic carbocycles. The Hall–Kier alpha value is 0.981. The highest BCUT2D eigenvalue weighted by Crippen LogP contribution is 2.24. The van der Waals surface area contributed by atoms with Gasteiger partial charge in [-0.2, -0.15) is 0 Å². The van der Waals surface area contributed by atoms with Gasteiger partial charge in [-0.3, -0.25) is 0 Å². The lowest BCUT2D eigenvalue weighted by atomic mass is 10.1. The first-order valence-electron chi connectivity index (χ1n) is 16.5. The summed E-state index contributed by atoms with van der Waals surface area (Å²) in [7, 11) is -10.1. The van der Waals surface area contributed by atoms with Crippen LogP contribution >= 0.6 is 0 Å². The van der Waals surface area contributed by atoms with Crippen molar-refractivity contribution in [3.8, 4) is 0 Å². The third kappa shape index (κ3) is 23.9. The van der Waals surface area contributed by atoms with Crippen LogP contribution in [-0.4, -0.2) is 111 Å². The van der Waals surface area contributed by atoms with Crippen LogP contribution in [-0.2, 0) is 26.6 Å². The highest BCUT2D eigenvalue weighted by atomic mass is 28.4. The molecule has 0 aliphatic rings. The van der Waals surface area contributed by atoms with Crippen molar-refractivity contribution in [2.75, 3.05) is 33.0 Å². The summed E-state index contributed by atoms with van der Waals surface area (Å²) in [6, 6.07) is 2.99. The number of ether oxygens (including phenoxy) is 3. The maximum absolute atomic E-state index is 10.4. The molecule has 0 radical (unpaired) electrons. The van der Waals surface area contributed by atoms with Gasteiger partial charge in [-0.25, -0.2) is 0 Å². The minimum atomic E-state index is -1.79. The van der Waals surface area contributed by atoms with Crippen LogP contribution in [0.2, 0.25) is 116 Å². The summed E-state index contributed by atoms with van der Waals surface area (Å²) >= 11 is 0. The topological polar surface area (TPSA) is 95.8 Å². The molecule has 14 heteroatoms. The van der Waals surface area contributed by atoms with Gasteiger partial charge in [0.1, 0.15) is 18.3 Å². The average molecular weight is 717 g/mol. The Bertz CT molecular complexity index is 707. The largest absolute Gasteiger partial charge is 0.456 e. The summed E-state index contributed by atoms with van der Waals surface area (Å²) in [5, 5.41) is 20.8. The molecule has 43 heavy (non-hydrogen) atoms. The molecule has 0 spiro atoms. The average Bonchev–Trinajstić information content (AvgIpc) is 2.75. The van der Waals surface area contributed by atoms with Gasteiger partial charge in [0.05, 0.1) is 13.2 Å². The fraction of sp³-hybridized carbons (Fsp3) is 1.00. The Labute approximate surface area is 272 Å². The standard InChI is InChI=1S/C29H72O8Si6/c1-38(2,3)35-41(10,11)22-16-19-32-27(25-30)29(34-21-18-24-43(14,15)37-40(7,8)9)28(26-31)33-20-17-23-42(12,13)36-39(4,5)6/h27-31H,16-26H2,1-15H3. The molecule has 0 rings (SSSR count). The van der Waals surface area contributed by atoms with Crippen LogP contribution in [0.5, 0.6) is 0 Å². The predicted molar refractivity (Wildman–Crippen MR) is 197 cm³/mol. The molecule has 0 saturated carbocycles. The van der Waals surface area contributed by atoms with Crippen molar-refractivity contribution in [3.63, 3.8) is 0 Å².